The van der Waals surface area contributed by atoms with Crippen LogP contribution in [-0.2, 0) is 11.2 Å². The fraction of sp³-hybridized carbons (Fsp3) is 0.222. The van der Waals surface area contributed by atoms with Crippen LogP contribution >= 0.6 is 0 Å². The van der Waals surface area contributed by atoms with Crippen molar-refractivity contribution in [1.82, 2.24) is 5.32 Å². The van der Waals surface area contributed by atoms with Crippen LogP contribution in [0.25, 0.3) is 0 Å². The summed E-state index contributed by atoms with van der Waals surface area (Å²) in [6.45, 7) is 0.582. The molecule has 24 heavy (non-hydrogen) atoms. The molecule has 2 aromatic carbocycles. The monoisotopic (exact) mass is 327 g/mol. The fourth-order valence-electron chi connectivity index (χ4n) is 3.05. The van der Waals surface area contributed by atoms with Gasteiger partial charge in [0.05, 0.1) is 12.5 Å². The Morgan fingerprint density at radius 3 is 2.62 bits per heavy atom. The van der Waals surface area contributed by atoms with E-state index >= 15 is 0 Å². The van der Waals surface area contributed by atoms with Crippen molar-refractivity contribution in [2.24, 2.45) is 5.73 Å². The van der Waals surface area contributed by atoms with Crippen LogP contribution in [0.4, 0.5) is 14.9 Å². The van der Waals surface area contributed by atoms with Crippen LogP contribution in [0.3, 0.4) is 0 Å². The summed E-state index contributed by atoms with van der Waals surface area (Å²) >= 11 is 0. The molecule has 3 N–H and O–H groups in total. The van der Waals surface area contributed by atoms with E-state index in [1.807, 2.05) is 24.3 Å². The number of halogens is 1. The van der Waals surface area contributed by atoms with Gasteiger partial charge in [-0.15, -0.1) is 0 Å². The lowest BCUT2D eigenvalue weighted by molar-refractivity contribution is -0.119. The summed E-state index contributed by atoms with van der Waals surface area (Å²) in [7, 11) is 0. The molecule has 1 unspecified atom stereocenters. The number of primary amides is 1. The first kappa shape index (κ1) is 16.0. The molecule has 0 aromatic heterocycles. The number of para-hydroxylation sites is 1. The highest BCUT2D eigenvalue weighted by Crippen LogP contribution is 2.30. The molecule has 124 valence electrons. The second-order valence-corrected chi connectivity index (χ2v) is 5.71. The largest absolute Gasteiger partial charge is 0.352 e. The van der Waals surface area contributed by atoms with Gasteiger partial charge in [0.2, 0.25) is 5.91 Å². The Morgan fingerprint density at radius 1 is 1.17 bits per heavy atom. The third-order valence-corrected chi connectivity index (χ3v) is 4.16. The van der Waals surface area contributed by atoms with Crippen molar-refractivity contribution >= 4 is 17.6 Å². The molecule has 0 radical (unpaired) electrons. The molecule has 0 fully saturated rings. The zero-order chi connectivity index (χ0) is 17.1. The normalized spacial score (nSPS) is 14.1. The van der Waals surface area contributed by atoms with Crippen molar-refractivity contribution in [2.45, 2.75) is 18.9 Å². The summed E-state index contributed by atoms with van der Waals surface area (Å²) < 4.78 is 14.0. The van der Waals surface area contributed by atoms with E-state index in [9.17, 15) is 14.0 Å². The maximum Gasteiger partial charge on any atom is 0.312 e. The minimum Gasteiger partial charge on any atom is -0.352 e. The number of nitrogens with zero attached hydrogens (tertiary/aromatic N) is 1. The van der Waals surface area contributed by atoms with Crippen LogP contribution in [-0.4, -0.2) is 18.5 Å². The summed E-state index contributed by atoms with van der Waals surface area (Å²) in [5.74, 6) is -0.659. The second-order valence-electron chi connectivity index (χ2n) is 5.71. The Balaban J connectivity index is 1.82. The number of carbonyl (C=O) groups excluding carboxylic acids is 2. The Morgan fingerprint density at radius 2 is 1.88 bits per heavy atom. The van der Waals surface area contributed by atoms with E-state index in [1.54, 1.807) is 23.1 Å². The molecule has 0 saturated carbocycles. The number of carbonyl (C=O) groups is 2. The van der Waals surface area contributed by atoms with Crippen LogP contribution in [0.2, 0.25) is 0 Å². The van der Waals surface area contributed by atoms with Crippen molar-refractivity contribution < 1.29 is 14.0 Å². The van der Waals surface area contributed by atoms with E-state index in [1.165, 1.54) is 6.07 Å². The van der Waals surface area contributed by atoms with E-state index < -0.39 is 17.9 Å². The van der Waals surface area contributed by atoms with Gasteiger partial charge in [0.1, 0.15) is 5.82 Å². The topological polar surface area (TPSA) is 75.4 Å². The molecule has 6 heteroatoms. The maximum absolute atomic E-state index is 14.0. The van der Waals surface area contributed by atoms with Gasteiger partial charge in [0, 0.05) is 17.8 Å². The zero-order valence-electron chi connectivity index (χ0n) is 13.0. The van der Waals surface area contributed by atoms with Crippen LogP contribution in [0.15, 0.2) is 48.5 Å². The molecule has 1 aliphatic rings. The summed E-state index contributed by atoms with van der Waals surface area (Å²) in [5, 5.41) is 2.47. The molecule has 0 aliphatic carbocycles. The average Bonchev–Trinajstić information content (AvgIpc) is 2.98. The molecule has 1 heterocycles. The molecule has 2 aromatic rings. The Hall–Kier alpha value is -2.89. The van der Waals surface area contributed by atoms with Gasteiger partial charge in [-0.3, -0.25) is 4.79 Å². The lowest BCUT2D eigenvalue weighted by Crippen LogP contribution is -2.38. The third kappa shape index (κ3) is 3.22. The van der Waals surface area contributed by atoms with Gasteiger partial charge >= 0.3 is 6.03 Å². The fourth-order valence-corrected chi connectivity index (χ4v) is 3.05. The molecular formula is C18H18FN3O2. The number of hydrogen-bond donors (Lipinski definition) is 2. The van der Waals surface area contributed by atoms with Gasteiger partial charge in [0.25, 0.3) is 0 Å². The Kier molecular flexibility index (Phi) is 4.46. The molecule has 0 bridgehead atoms. The highest BCUT2D eigenvalue weighted by molar-refractivity contribution is 5.96. The Labute approximate surface area is 139 Å². The number of amides is 3. The summed E-state index contributed by atoms with van der Waals surface area (Å²) in [6.07, 6.45) is 0.730. The summed E-state index contributed by atoms with van der Waals surface area (Å²) in [6, 6.07) is 12.1. The standard InChI is InChI=1S/C18H18FN3O2/c19-14-7-3-2-6-13(14)15(21-18(20)24)11-17(23)22-10-9-12-5-1-4-8-16(12)22/h1-8,15H,9-11H2,(H3,20,21,24). The van der Waals surface area contributed by atoms with Crippen LogP contribution in [0, 0.1) is 5.82 Å². The molecule has 3 amide bonds. The molecular weight excluding hydrogens is 309 g/mol. The quantitative estimate of drug-likeness (QED) is 0.905. The summed E-state index contributed by atoms with van der Waals surface area (Å²) in [4.78, 5) is 25.6. The number of fused-ring (bicyclic) bond motifs is 1. The minimum absolute atomic E-state index is 0.0573. The van der Waals surface area contributed by atoms with Crippen molar-refractivity contribution in [2.75, 3.05) is 11.4 Å². The van der Waals surface area contributed by atoms with Gasteiger partial charge in [-0.1, -0.05) is 36.4 Å². The molecule has 0 saturated heterocycles. The van der Waals surface area contributed by atoms with Gasteiger partial charge in [-0.05, 0) is 24.1 Å². The lowest BCUT2D eigenvalue weighted by atomic mass is 10.0. The van der Waals surface area contributed by atoms with E-state index in [-0.39, 0.29) is 17.9 Å². The predicted molar refractivity (Wildman–Crippen MR) is 89.0 cm³/mol. The molecule has 5 nitrogen and oxygen atoms in total. The highest BCUT2D eigenvalue weighted by atomic mass is 19.1. The first-order valence-electron chi connectivity index (χ1n) is 7.75. The van der Waals surface area contributed by atoms with E-state index in [0.717, 1.165) is 17.7 Å². The van der Waals surface area contributed by atoms with Gasteiger partial charge < -0.3 is 16.0 Å². The summed E-state index contributed by atoms with van der Waals surface area (Å²) in [5.41, 5.74) is 7.41. The predicted octanol–water partition coefficient (Wildman–Crippen LogP) is 2.51. The van der Waals surface area contributed by atoms with Gasteiger partial charge in [-0.25, -0.2) is 9.18 Å². The second kappa shape index (κ2) is 6.70. The number of nitrogens with two attached hydrogens (primary N) is 1. The first-order valence-corrected chi connectivity index (χ1v) is 7.75. The van der Waals surface area contributed by atoms with E-state index in [4.69, 9.17) is 5.73 Å². The van der Waals surface area contributed by atoms with E-state index in [0.29, 0.717) is 6.54 Å². The van der Waals surface area contributed by atoms with Crippen LogP contribution < -0.4 is 16.0 Å². The van der Waals surface area contributed by atoms with Crippen LogP contribution in [0.1, 0.15) is 23.6 Å². The molecule has 0 spiro atoms. The first-order chi connectivity index (χ1) is 11.6. The van der Waals surface area contributed by atoms with Crippen molar-refractivity contribution in [3.63, 3.8) is 0 Å². The lowest BCUT2D eigenvalue weighted by Gasteiger charge is -2.23. The third-order valence-electron chi connectivity index (χ3n) is 4.16. The molecule has 3 rings (SSSR count). The molecule has 1 atom stereocenters. The SMILES string of the molecule is NC(=O)NC(CC(=O)N1CCc2ccccc21)c1ccccc1F. The number of anilines is 1. The number of hydrogen-bond acceptors (Lipinski definition) is 2. The maximum atomic E-state index is 14.0. The van der Waals surface area contributed by atoms with Crippen LogP contribution in [0.5, 0.6) is 0 Å². The number of benzene rings is 2. The van der Waals surface area contributed by atoms with Crippen molar-refractivity contribution in [3.8, 4) is 0 Å². The highest BCUT2D eigenvalue weighted by Gasteiger charge is 2.28. The number of nitrogens with one attached hydrogen (secondary N) is 1. The van der Waals surface area contributed by atoms with Gasteiger partial charge in [0.15, 0.2) is 0 Å². The van der Waals surface area contributed by atoms with Gasteiger partial charge in [-0.2, -0.15) is 0 Å². The number of rotatable bonds is 4. The van der Waals surface area contributed by atoms with Crippen molar-refractivity contribution in [1.29, 1.82) is 0 Å². The van der Waals surface area contributed by atoms with Crippen molar-refractivity contribution in [3.05, 3.63) is 65.5 Å². The minimum atomic E-state index is -0.802. The molecule has 1 aliphatic heterocycles. The zero-order valence-corrected chi connectivity index (χ0v) is 13.0. The van der Waals surface area contributed by atoms with E-state index in [2.05, 4.69) is 5.32 Å². The average molecular weight is 327 g/mol. The Bertz CT molecular complexity index is 778. The smallest absolute Gasteiger partial charge is 0.312 e. The number of urea groups is 1.